The lowest BCUT2D eigenvalue weighted by Crippen LogP contribution is -2.31. The molecule has 0 atom stereocenters. The van der Waals surface area contributed by atoms with E-state index in [0.717, 1.165) is 18.7 Å². The molecular formula is C13H23N3O2S. The Morgan fingerprint density at radius 3 is 2.79 bits per heavy atom. The molecule has 0 aliphatic carbocycles. The average molecular weight is 285 g/mol. The molecule has 0 aliphatic rings. The summed E-state index contributed by atoms with van der Waals surface area (Å²) in [7, 11) is -3.43. The Balaban J connectivity index is 2.90. The highest BCUT2D eigenvalue weighted by molar-refractivity contribution is 7.89. The van der Waals surface area contributed by atoms with Gasteiger partial charge in [0.1, 0.15) is 0 Å². The smallest absolute Gasteiger partial charge is 0.244 e. The minimum Gasteiger partial charge on any atom is -0.363 e. The van der Waals surface area contributed by atoms with Crippen LogP contribution in [0.1, 0.15) is 26.0 Å². The molecule has 0 radical (unpaired) electrons. The summed E-state index contributed by atoms with van der Waals surface area (Å²) in [6.07, 6.45) is 3.94. The summed E-state index contributed by atoms with van der Waals surface area (Å²) in [5, 5.41) is 3.15. The fourth-order valence-corrected chi connectivity index (χ4v) is 3.30. The molecule has 0 amide bonds. The second-order valence-electron chi connectivity index (χ2n) is 4.29. The summed E-state index contributed by atoms with van der Waals surface area (Å²) < 4.78 is 26.3. The SMILES string of the molecule is C=CCN(CCC)S(=O)(=O)c1c[nH]c(CNCC)c1. The summed E-state index contributed by atoms with van der Waals surface area (Å²) in [6.45, 7) is 9.90. The predicted molar refractivity (Wildman–Crippen MR) is 77.4 cm³/mol. The molecule has 0 aliphatic heterocycles. The number of hydrogen-bond donors (Lipinski definition) is 2. The van der Waals surface area contributed by atoms with Crippen molar-refractivity contribution in [1.29, 1.82) is 0 Å². The van der Waals surface area contributed by atoms with Crippen molar-refractivity contribution in [1.82, 2.24) is 14.6 Å². The number of sulfonamides is 1. The Morgan fingerprint density at radius 1 is 1.47 bits per heavy atom. The van der Waals surface area contributed by atoms with E-state index in [1.165, 1.54) is 4.31 Å². The van der Waals surface area contributed by atoms with E-state index in [2.05, 4.69) is 16.9 Å². The maximum Gasteiger partial charge on any atom is 0.244 e. The van der Waals surface area contributed by atoms with Crippen molar-refractivity contribution in [2.75, 3.05) is 19.6 Å². The van der Waals surface area contributed by atoms with Gasteiger partial charge in [0, 0.05) is 31.5 Å². The van der Waals surface area contributed by atoms with Crippen LogP contribution in [0.25, 0.3) is 0 Å². The van der Waals surface area contributed by atoms with E-state index < -0.39 is 10.0 Å². The Hall–Kier alpha value is -1.11. The van der Waals surface area contributed by atoms with Gasteiger partial charge in [-0.15, -0.1) is 6.58 Å². The molecule has 0 spiro atoms. The van der Waals surface area contributed by atoms with E-state index in [9.17, 15) is 8.42 Å². The first kappa shape index (κ1) is 15.9. The number of rotatable bonds is 9. The van der Waals surface area contributed by atoms with Crippen LogP contribution in [-0.4, -0.2) is 37.3 Å². The highest BCUT2D eigenvalue weighted by atomic mass is 32.2. The topological polar surface area (TPSA) is 65.2 Å². The Bertz CT molecular complexity index is 494. The van der Waals surface area contributed by atoms with Gasteiger partial charge in [0.25, 0.3) is 0 Å². The average Bonchev–Trinajstić information content (AvgIpc) is 2.85. The molecule has 0 aromatic carbocycles. The third-order valence-electron chi connectivity index (χ3n) is 2.73. The van der Waals surface area contributed by atoms with E-state index in [1.54, 1.807) is 18.3 Å². The van der Waals surface area contributed by atoms with Crippen LogP contribution in [0.4, 0.5) is 0 Å². The monoisotopic (exact) mass is 285 g/mol. The number of nitrogens with one attached hydrogen (secondary N) is 2. The summed E-state index contributed by atoms with van der Waals surface area (Å²) in [5.41, 5.74) is 0.871. The second kappa shape index (κ2) is 7.47. The summed E-state index contributed by atoms with van der Waals surface area (Å²) >= 11 is 0. The van der Waals surface area contributed by atoms with E-state index in [0.29, 0.717) is 24.5 Å². The number of aromatic amines is 1. The van der Waals surface area contributed by atoms with Crippen molar-refractivity contribution >= 4 is 10.0 Å². The molecule has 0 bridgehead atoms. The van der Waals surface area contributed by atoms with Gasteiger partial charge >= 0.3 is 0 Å². The van der Waals surface area contributed by atoms with Crippen molar-refractivity contribution in [3.63, 3.8) is 0 Å². The number of aromatic nitrogens is 1. The minimum atomic E-state index is -3.43. The van der Waals surface area contributed by atoms with Gasteiger partial charge in [-0.2, -0.15) is 4.31 Å². The summed E-state index contributed by atoms with van der Waals surface area (Å²) in [4.78, 5) is 3.31. The van der Waals surface area contributed by atoms with Crippen LogP contribution < -0.4 is 5.32 Å². The summed E-state index contributed by atoms with van der Waals surface area (Å²) in [5.74, 6) is 0. The van der Waals surface area contributed by atoms with Gasteiger partial charge in [0.2, 0.25) is 10.0 Å². The minimum absolute atomic E-state index is 0.315. The zero-order valence-corrected chi connectivity index (χ0v) is 12.5. The lowest BCUT2D eigenvalue weighted by Gasteiger charge is -2.18. The molecule has 108 valence electrons. The molecule has 0 fully saturated rings. The quantitative estimate of drug-likeness (QED) is 0.679. The van der Waals surface area contributed by atoms with Gasteiger partial charge in [-0.25, -0.2) is 8.42 Å². The normalized spacial score (nSPS) is 11.9. The molecule has 1 aromatic rings. The standard InChI is InChI=1S/C13H23N3O2S/c1-4-7-16(8-5-2)19(17,18)13-9-12(15-11-13)10-14-6-3/h4,9,11,14-15H,1,5-8,10H2,2-3H3. The van der Waals surface area contributed by atoms with Crippen LogP contribution in [0.15, 0.2) is 29.8 Å². The van der Waals surface area contributed by atoms with Gasteiger partial charge in [0.05, 0.1) is 4.90 Å². The molecule has 5 nitrogen and oxygen atoms in total. The molecule has 1 aromatic heterocycles. The first-order valence-corrected chi connectivity index (χ1v) is 7.99. The van der Waals surface area contributed by atoms with Gasteiger partial charge < -0.3 is 10.3 Å². The molecule has 6 heteroatoms. The highest BCUT2D eigenvalue weighted by Crippen LogP contribution is 2.17. The second-order valence-corrected chi connectivity index (χ2v) is 6.23. The van der Waals surface area contributed by atoms with Crippen LogP contribution in [0, 0.1) is 0 Å². The van der Waals surface area contributed by atoms with Crippen LogP contribution >= 0.6 is 0 Å². The molecule has 2 N–H and O–H groups in total. The predicted octanol–water partition coefficient (Wildman–Crippen LogP) is 1.71. The first-order valence-electron chi connectivity index (χ1n) is 6.55. The molecule has 1 rings (SSSR count). The Labute approximate surface area is 115 Å². The van der Waals surface area contributed by atoms with Crippen molar-refractivity contribution in [2.45, 2.75) is 31.7 Å². The van der Waals surface area contributed by atoms with Crippen LogP contribution in [0.3, 0.4) is 0 Å². The van der Waals surface area contributed by atoms with Gasteiger partial charge in [-0.3, -0.25) is 0 Å². The molecule has 1 heterocycles. The van der Waals surface area contributed by atoms with E-state index in [-0.39, 0.29) is 0 Å². The number of nitrogens with zero attached hydrogens (tertiary/aromatic N) is 1. The van der Waals surface area contributed by atoms with Crippen molar-refractivity contribution in [3.8, 4) is 0 Å². The summed E-state index contributed by atoms with van der Waals surface area (Å²) in [6, 6.07) is 1.68. The zero-order valence-electron chi connectivity index (χ0n) is 11.6. The molecule has 0 saturated heterocycles. The van der Waals surface area contributed by atoms with Crippen molar-refractivity contribution < 1.29 is 8.42 Å². The Morgan fingerprint density at radius 2 is 2.21 bits per heavy atom. The molecule has 0 unspecified atom stereocenters. The lowest BCUT2D eigenvalue weighted by atomic mass is 10.4. The lowest BCUT2D eigenvalue weighted by molar-refractivity contribution is 0.441. The van der Waals surface area contributed by atoms with E-state index in [4.69, 9.17) is 0 Å². The van der Waals surface area contributed by atoms with Crippen LogP contribution in [0.5, 0.6) is 0 Å². The molecule has 0 saturated carbocycles. The maximum atomic E-state index is 12.4. The zero-order chi connectivity index (χ0) is 14.3. The van der Waals surface area contributed by atoms with Crippen molar-refractivity contribution in [2.24, 2.45) is 0 Å². The van der Waals surface area contributed by atoms with Crippen LogP contribution in [0.2, 0.25) is 0 Å². The van der Waals surface area contributed by atoms with E-state index >= 15 is 0 Å². The van der Waals surface area contributed by atoms with Gasteiger partial charge in [0.15, 0.2) is 0 Å². The third kappa shape index (κ3) is 4.19. The van der Waals surface area contributed by atoms with Crippen LogP contribution in [-0.2, 0) is 16.6 Å². The number of hydrogen-bond acceptors (Lipinski definition) is 3. The van der Waals surface area contributed by atoms with Gasteiger partial charge in [-0.05, 0) is 19.0 Å². The largest absolute Gasteiger partial charge is 0.363 e. The maximum absolute atomic E-state index is 12.4. The van der Waals surface area contributed by atoms with Crippen molar-refractivity contribution in [3.05, 3.63) is 30.6 Å². The fourth-order valence-electron chi connectivity index (χ4n) is 1.78. The van der Waals surface area contributed by atoms with Gasteiger partial charge in [-0.1, -0.05) is 19.9 Å². The highest BCUT2D eigenvalue weighted by Gasteiger charge is 2.23. The van der Waals surface area contributed by atoms with E-state index in [1.807, 2.05) is 13.8 Å². The fraction of sp³-hybridized carbons (Fsp3) is 0.538. The third-order valence-corrected chi connectivity index (χ3v) is 4.57. The molecule has 19 heavy (non-hydrogen) atoms. The number of H-pyrrole nitrogens is 1. The molecular weight excluding hydrogens is 262 g/mol. The first-order chi connectivity index (χ1) is 9.06. The Kier molecular flexibility index (Phi) is 6.27.